The Labute approximate surface area is 169 Å². The van der Waals surface area contributed by atoms with Crippen molar-refractivity contribution in [3.05, 3.63) is 59.9 Å². The molecule has 0 radical (unpaired) electrons. The summed E-state index contributed by atoms with van der Waals surface area (Å²) < 4.78 is 18.8. The second-order valence-corrected chi connectivity index (χ2v) is 7.52. The highest BCUT2D eigenvalue weighted by Crippen LogP contribution is 2.21. The number of nitrogens with zero attached hydrogens (tertiary/aromatic N) is 1. The van der Waals surface area contributed by atoms with Crippen LogP contribution in [0.4, 0.5) is 14.9 Å². The first-order chi connectivity index (χ1) is 14.1. The van der Waals surface area contributed by atoms with Gasteiger partial charge in [0.15, 0.2) is 0 Å². The number of likely N-dealkylation sites (tertiary alicyclic amines) is 1. The third-order valence-electron chi connectivity index (χ3n) is 5.13. The molecular formula is C22H24FN3O3. The summed E-state index contributed by atoms with van der Waals surface area (Å²) in [6.07, 6.45) is 3.47. The fraction of sp³-hybridized carbons (Fsp3) is 0.364. The van der Waals surface area contributed by atoms with Gasteiger partial charge in [-0.3, -0.25) is 4.79 Å². The Kier molecular flexibility index (Phi) is 5.64. The number of hydrogen-bond donors (Lipinski definition) is 2. The van der Waals surface area contributed by atoms with E-state index < -0.39 is 0 Å². The number of ether oxygens (including phenoxy) is 1. The molecule has 29 heavy (non-hydrogen) atoms. The van der Waals surface area contributed by atoms with Gasteiger partial charge in [0.05, 0.1) is 0 Å². The van der Waals surface area contributed by atoms with Crippen molar-refractivity contribution in [2.45, 2.75) is 37.8 Å². The lowest BCUT2D eigenvalue weighted by molar-refractivity contribution is 0.0950. The van der Waals surface area contributed by atoms with Crippen molar-refractivity contribution in [3.63, 3.8) is 0 Å². The Bertz CT molecular complexity index is 875. The van der Waals surface area contributed by atoms with Crippen molar-refractivity contribution in [1.29, 1.82) is 0 Å². The topological polar surface area (TPSA) is 70.7 Å². The molecule has 2 aliphatic rings. The molecule has 1 saturated heterocycles. The smallest absolute Gasteiger partial charge is 0.321 e. The molecule has 7 heteroatoms. The first kappa shape index (κ1) is 19.2. The quantitative estimate of drug-likeness (QED) is 0.806. The van der Waals surface area contributed by atoms with Gasteiger partial charge in [0.25, 0.3) is 5.91 Å². The molecule has 0 unspecified atom stereocenters. The number of anilines is 1. The van der Waals surface area contributed by atoms with Gasteiger partial charge in [0.2, 0.25) is 0 Å². The van der Waals surface area contributed by atoms with E-state index in [0.717, 1.165) is 12.8 Å². The second-order valence-electron chi connectivity index (χ2n) is 7.52. The van der Waals surface area contributed by atoms with Crippen molar-refractivity contribution in [3.8, 4) is 5.75 Å². The summed E-state index contributed by atoms with van der Waals surface area (Å²) in [5, 5.41) is 5.82. The van der Waals surface area contributed by atoms with E-state index in [1.165, 1.54) is 12.1 Å². The maximum atomic E-state index is 13.0. The van der Waals surface area contributed by atoms with Crippen LogP contribution in [0.15, 0.2) is 48.5 Å². The number of hydrogen-bond acceptors (Lipinski definition) is 3. The largest absolute Gasteiger partial charge is 0.490 e. The van der Waals surface area contributed by atoms with Crippen molar-refractivity contribution in [2.75, 3.05) is 18.4 Å². The van der Waals surface area contributed by atoms with E-state index in [1.807, 2.05) is 0 Å². The van der Waals surface area contributed by atoms with Gasteiger partial charge < -0.3 is 20.3 Å². The van der Waals surface area contributed by atoms with E-state index in [2.05, 4.69) is 10.6 Å². The number of urea groups is 1. The molecule has 3 amide bonds. The molecular weight excluding hydrogens is 373 g/mol. The lowest BCUT2D eigenvalue weighted by atomic mass is 10.1. The molecule has 1 saturated carbocycles. The zero-order valence-corrected chi connectivity index (χ0v) is 16.1. The van der Waals surface area contributed by atoms with Gasteiger partial charge in [-0.2, -0.15) is 0 Å². The van der Waals surface area contributed by atoms with E-state index in [0.29, 0.717) is 49.0 Å². The van der Waals surface area contributed by atoms with Gasteiger partial charge in [0.1, 0.15) is 17.7 Å². The fourth-order valence-corrected chi connectivity index (χ4v) is 3.32. The number of halogens is 1. The normalized spacial score (nSPS) is 16.9. The predicted octanol–water partition coefficient (Wildman–Crippen LogP) is 3.79. The van der Waals surface area contributed by atoms with Crippen LogP contribution in [0, 0.1) is 5.82 Å². The lowest BCUT2D eigenvalue weighted by Crippen LogP contribution is -2.43. The highest BCUT2D eigenvalue weighted by molar-refractivity contribution is 5.97. The number of benzene rings is 2. The summed E-state index contributed by atoms with van der Waals surface area (Å²) in [6, 6.07) is 13.0. The van der Waals surface area contributed by atoms with Crippen LogP contribution in [0.1, 0.15) is 36.0 Å². The summed E-state index contributed by atoms with van der Waals surface area (Å²) in [4.78, 5) is 26.5. The Morgan fingerprint density at radius 2 is 1.72 bits per heavy atom. The SMILES string of the molecule is O=C(NC1CC1)c1cccc(NC(=O)N2CCC(Oc3ccc(F)cc3)CC2)c1. The molecule has 1 aliphatic heterocycles. The maximum absolute atomic E-state index is 13.0. The van der Waals surface area contributed by atoms with Gasteiger partial charge in [-0.1, -0.05) is 6.07 Å². The Balaban J connectivity index is 1.27. The van der Waals surface area contributed by atoms with Gasteiger partial charge in [-0.05, 0) is 55.3 Å². The second kappa shape index (κ2) is 8.51. The molecule has 6 nitrogen and oxygen atoms in total. The van der Waals surface area contributed by atoms with Crippen LogP contribution in [-0.2, 0) is 0 Å². The highest BCUT2D eigenvalue weighted by atomic mass is 19.1. The van der Waals surface area contributed by atoms with E-state index in [-0.39, 0.29) is 23.9 Å². The van der Waals surface area contributed by atoms with Crippen LogP contribution in [0.2, 0.25) is 0 Å². The summed E-state index contributed by atoms with van der Waals surface area (Å²) in [5.41, 5.74) is 1.14. The van der Waals surface area contributed by atoms with E-state index >= 15 is 0 Å². The van der Waals surface area contributed by atoms with Crippen LogP contribution in [0.25, 0.3) is 0 Å². The summed E-state index contributed by atoms with van der Waals surface area (Å²) in [6.45, 7) is 1.14. The van der Waals surface area contributed by atoms with Crippen LogP contribution in [0.3, 0.4) is 0 Å². The Morgan fingerprint density at radius 1 is 1.00 bits per heavy atom. The third-order valence-corrected chi connectivity index (χ3v) is 5.13. The van der Waals surface area contributed by atoms with Crippen molar-refractivity contribution < 1.29 is 18.7 Å². The minimum absolute atomic E-state index is 0.000964. The Hall–Kier alpha value is -3.09. The van der Waals surface area contributed by atoms with E-state index in [1.54, 1.807) is 41.3 Å². The molecule has 2 aromatic carbocycles. The molecule has 0 aromatic heterocycles. The van der Waals surface area contributed by atoms with Gasteiger partial charge in [0, 0.05) is 43.2 Å². The number of amides is 3. The minimum atomic E-state index is -0.294. The summed E-state index contributed by atoms with van der Waals surface area (Å²) >= 11 is 0. The van der Waals surface area contributed by atoms with Crippen molar-refractivity contribution in [1.82, 2.24) is 10.2 Å². The average Bonchev–Trinajstić information content (AvgIpc) is 3.54. The standard InChI is InChI=1S/C22H24FN3O3/c23-16-4-8-19(9-5-16)29-20-10-12-26(13-11-20)22(28)25-18-3-1-2-15(14-18)21(27)24-17-6-7-17/h1-5,8-9,14,17,20H,6-7,10-13H2,(H,24,27)(H,25,28). The molecule has 152 valence electrons. The van der Waals surface area contributed by atoms with Crippen LogP contribution >= 0.6 is 0 Å². The molecule has 0 spiro atoms. The first-order valence-electron chi connectivity index (χ1n) is 9.96. The number of carbonyl (C=O) groups is 2. The average molecular weight is 397 g/mol. The minimum Gasteiger partial charge on any atom is -0.490 e. The zero-order chi connectivity index (χ0) is 20.2. The summed E-state index contributed by atoms with van der Waals surface area (Å²) in [7, 11) is 0. The van der Waals surface area contributed by atoms with Crippen LogP contribution in [0.5, 0.6) is 5.75 Å². The van der Waals surface area contributed by atoms with E-state index in [9.17, 15) is 14.0 Å². The van der Waals surface area contributed by atoms with Crippen LogP contribution in [-0.4, -0.2) is 42.1 Å². The molecule has 0 atom stereocenters. The van der Waals surface area contributed by atoms with Gasteiger partial charge in [-0.25, -0.2) is 9.18 Å². The molecule has 1 heterocycles. The Morgan fingerprint density at radius 3 is 2.41 bits per heavy atom. The number of nitrogens with one attached hydrogen (secondary N) is 2. The number of piperidine rings is 1. The monoisotopic (exact) mass is 397 g/mol. The molecule has 4 rings (SSSR count). The van der Waals surface area contributed by atoms with Crippen molar-refractivity contribution >= 4 is 17.6 Å². The molecule has 0 bridgehead atoms. The highest BCUT2D eigenvalue weighted by Gasteiger charge is 2.25. The first-order valence-corrected chi connectivity index (χ1v) is 9.96. The molecule has 1 aliphatic carbocycles. The summed E-state index contributed by atoms with van der Waals surface area (Å²) in [5.74, 6) is 0.232. The van der Waals surface area contributed by atoms with Crippen LogP contribution < -0.4 is 15.4 Å². The lowest BCUT2D eigenvalue weighted by Gasteiger charge is -2.32. The zero-order valence-electron chi connectivity index (χ0n) is 16.1. The maximum Gasteiger partial charge on any atom is 0.321 e. The van der Waals surface area contributed by atoms with Crippen molar-refractivity contribution in [2.24, 2.45) is 0 Å². The van der Waals surface area contributed by atoms with E-state index in [4.69, 9.17) is 4.74 Å². The molecule has 2 fully saturated rings. The van der Waals surface area contributed by atoms with Gasteiger partial charge >= 0.3 is 6.03 Å². The fourth-order valence-electron chi connectivity index (χ4n) is 3.32. The number of carbonyl (C=O) groups excluding carboxylic acids is 2. The number of rotatable bonds is 5. The molecule has 2 aromatic rings. The predicted molar refractivity (Wildman–Crippen MR) is 108 cm³/mol. The molecule has 2 N–H and O–H groups in total. The third kappa shape index (κ3) is 5.25. The van der Waals surface area contributed by atoms with Gasteiger partial charge in [-0.15, -0.1) is 0 Å².